The van der Waals surface area contributed by atoms with Gasteiger partial charge in [0.25, 0.3) is 5.91 Å². The molecule has 0 spiro atoms. The topological polar surface area (TPSA) is 92.8 Å². The van der Waals surface area contributed by atoms with Gasteiger partial charge in [0.1, 0.15) is 11.9 Å². The van der Waals surface area contributed by atoms with E-state index in [1.165, 1.54) is 24.3 Å². The molecule has 0 aliphatic carbocycles. The lowest BCUT2D eigenvalue weighted by Crippen LogP contribution is -2.42. The molecular formula is C22H25FN2O5S. The molecule has 1 heterocycles. The minimum atomic E-state index is -3.91. The van der Waals surface area contributed by atoms with Crippen LogP contribution in [0.3, 0.4) is 0 Å². The molecule has 166 valence electrons. The highest BCUT2D eigenvalue weighted by Gasteiger charge is 2.41. The van der Waals surface area contributed by atoms with Crippen molar-refractivity contribution in [3.8, 4) is 0 Å². The standard InChI is InChI=1S/C22H25FN2O5S/c1-14-11-15(2)21(16(3)12-14)31(28,29)25-10-4-5-19(25)22(27)30-13-20(26)24-18-8-6-17(23)7-9-18/h6-9,11-12,19H,4-5,10,13H2,1-3H3,(H,24,26). The minimum absolute atomic E-state index is 0.201. The molecule has 1 amide bonds. The Morgan fingerprint density at radius 1 is 1.13 bits per heavy atom. The quantitative estimate of drug-likeness (QED) is 0.686. The van der Waals surface area contributed by atoms with E-state index in [-0.39, 0.29) is 11.4 Å². The number of hydrogen-bond donors (Lipinski definition) is 1. The zero-order valence-electron chi connectivity index (χ0n) is 17.6. The smallest absolute Gasteiger partial charge is 0.324 e. The SMILES string of the molecule is Cc1cc(C)c(S(=O)(=O)N2CCCC2C(=O)OCC(=O)Nc2ccc(F)cc2)c(C)c1. The maximum atomic E-state index is 13.3. The van der Waals surface area contributed by atoms with Crippen LogP contribution in [-0.4, -0.2) is 43.8 Å². The summed E-state index contributed by atoms with van der Waals surface area (Å²) in [7, 11) is -3.91. The number of aryl methyl sites for hydroxylation is 3. The van der Waals surface area contributed by atoms with Crippen LogP contribution >= 0.6 is 0 Å². The summed E-state index contributed by atoms with van der Waals surface area (Å²) in [5, 5.41) is 2.49. The molecule has 0 bridgehead atoms. The fraction of sp³-hybridized carbons (Fsp3) is 0.364. The Kier molecular flexibility index (Phi) is 6.76. The summed E-state index contributed by atoms with van der Waals surface area (Å²) in [6, 6.07) is 7.75. The molecule has 2 aromatic carbocycles. The molecular weight excluding hydrogens is 423 g/mol. The second-order valence-electron chi connectivity index (χ2n) is 7.66. The molecule has 1 unspecified atom stereocenters. The largest absolute Gasteiger partial charge is 0.454 e. The highest BCUT2D eigenvalue weighted by molar-refractivity contribution is 7.89. The fourth-order valence-corrected chi connectivity index (χ4v) is 5.98. The molecule has 1 atom stereocenters. The average molecular weight is 449 g/mol. The first-order valence-corrected chi connectivity index (χ1v) is 11.4. The highest BCUT2D eigenvalue weighted by Crippen LogP contribution is 2.31. The Hall–Kier alpha value is -2.78. The molecule has 1 saturated heterocycles. The Labute approximate surface area is 181 Å². The minimum Gasteiger partial charge on any atom is -0.454 e. The van der Waals surface area contributed by atoms with E-state index in [1.54, 1.807) is 26.0 Å². The first kappa shape index (κ1) is 22.9. The Balaban J connectivity index is 1.69. The van der Waals surface area contributed by atoms with Gasteiger partial charge in [0.2, 0.25) is 10.0 Å². The van der Waals surface area contributed by atoms with E-state index < -0.39 is 40.4 Å². The normalized spacial score (nSPS) is 16.8. The van der Waals surface area contributed by atoms with Gasteiger partial charge < -0.3 is 10.1 Å². The lowest BCUT2D eigenvalue weighted by Gasteiger charge is -2.24. The summed E-state index contributed by atoms with van der Waals surface area (Å²) in [6.45, 7) is 5.00. The van der Waals surface area contributed by atoms with Crippen LogP contribution in [0.15, 0.2) is 41.3 Å². The van der Waals surface area contributed by atoms with Crippen LogP contribution in [0, 0.1) is 26.6 Å². The number of nitrogens with one attached hydrogen (secondary N) is 1. The summed E-state index contributed by atoms with van der Waals surface area (Å²) in [5.74, 6) is -1.80. The molecule has 9 heteroatoms. The molecule has 2 aromatic rings. The molecule has 3 rings (SSSR count). The second-order valence-corrected chi connectivity index (χ2v) is 9.49. The van der Waals surface area contributed by atoms with Crippen molar-refractivity contribution in [2.24, 2.45) is 0 Å². The van der Waals surface area contributed by atoms with Crippen molar-refractivity contribution < 1.29 is 27.1 Å². The number of anilines is 1. The van der Waals surface area contributed by atoms with Gasteiger partial charge in [0.05, 0.1) is 4.90 Å². The van der Waals surface area contributed by atoms with Crippen LogP contribution in [0.4, 0.5) is 10.1 Å². The number of rotatable bonds is 6. The Morgan fingerprint density at radius 3 is 2.35 bits per heavy atom. The zero-order chi connectivity index (χ0) is 22.8. The monoisotopic (exact) mass is 448 g/mol. The van der Waals surface area contributed by atoms with Crippen molar-refractivity contribution in [2.45, 2.75) is 44.6 Å². The third kappa shape index (κ3) is 5.11. The summed E-state index contributed by atoms with van der Waals surface area (Å²) in [5.41, 5.74) is 2.56. The fourth-order valence-electron chi connectivity index (χ4n) is 3.92. The molecule has 1 aliphatic rings. The van der Waals surface area contributed by atoms with Crippen molar-refractivity contribution in [1.82, 2.24) is 4.31 Å². The van der Waals surface area contributed by atoms with E-state index in [0.29, 0.717) is 29.7 Å². The van der Waals surface area contributed by atoms with Crippen LogP contribution in [-0.2, 0) is 24.3 Å². The van der Waals surface area contributed by atoms with Crippen molar-refractivity contribution in [3.05, 3.63) is 58.9 Å². The predicted octanol–water partition coefficient (Wildman–Crippen LogP) is 3.09. The number of carbonyl (C=O) groups excluding carboxylic acids is 2. The van der Waals surface area contributed by atoms with Gasteiger partial charge in [-0.3, -0.25) is 9.59 Å². The number of sulfonamides is 1. The number of ether oxygens (including phenoxy) is 1. The molecule has 7 nitrogen and oxygen atoms in total. The molecule has 31 heavy (non-hydrogen) atoms. The second kappa shape index (κ2) is 9.15. The van der Waals surface area contributed by atoms with Crippen molar-refractivity contribution in [1.29, 1.82) is 0 Å². The number of hydrogen-bond acceptors (Lipinski definition) is 5. The van der Waals surface area contributed by atoms with Gasteiger partial charge in [-0.05, 0) is 69.0 Å². The third-order valence-electron chi connectivity index (χ3n) is 5.12. The lowest BCUT2D eigenvalue weighted by molar-refractivity contribution is -0.150. The highest BCUT2D eigenvalue weighted by atomic mass is 32.2. The summed E-state index contributed by atoms with van der Waals surface area (Å²) in [4.78, 5) is 24.8. The van der Waals surface area contributed by atoms with Crippen molar-refractivity contribution in [3.63, 3.8) is 0 Å². The van der Waals surface area contributed by atoms with Gasteiger partial charge in [-0.2, -0.15) is 4.31 Å². The van der Waals surface area contributed by atoms with E-state index in [0.717, 1.165) is 9.87 Å². The number of benzene rings is 2. The molecule has 0 radical (unpaired) electrons. The van der Waals surface area contributed by atoms with Gasteiger partial charge in [-0.15, -0.1) is 0 Å². The summed E-state index contributed by atoms with van der Waals surface area (Å²) < 4.78 is 45.8. The predicted molar refractivity (Wildman–Crippen MR) is 114 cm³/mol. The zero-order valence-corrected chi connectivity index (χ0v) is 18.5. The number of amides is 1. The number of halogens is 1. The maximum absolute atomic E-state index is 13.3. The number of nitrogens with zero attached hydrogens (tertiary/aromatic N) is 1. The van der Waals surface area contributed by atoms with Gasteiger partial charge in [0.15, 0.2) is 6.61 Å². The van der Waals surface area contributed by atoms with Crippen molar-refractivity contribution >= 4 is 27.6 Å². The van der Waals surface area contributed by atoms with Crippen LogP contribution in [0.25, 0.3) is 0 Å². The van der Waals surface area contributed by atoms with Gasteiger partial charge in [-0.25, -0.2) is 12.8 Å². The van der Waals surface area contributed by atoms with E-state index in [1.807, 2.05) is 6.92 Å². The Bertz CT molecular complexity index is 1080. The first-order valence-electron chi connectivity index (χ1n) is 9.91. The summed E-state index contributed by atoms with van der Waals surface area (Å²) in [6.07, 6.45) is 0.840. The average Bonchev–Trinajstić information content (AvgIpc) is 3.18. The maximum Gasteiger partial charge on any atom is 0.324 e. The van der Waals surface area contributed by atoms with Crippen LogP contribution in [0.5, 0.6) is 0 Å². The van der Waals surface area contributed by atoms with Gasteiger partial charge in [0, 0.05) is 12.2 Å². The van der Waals surface area contributed by atoms with E-state index in [9.17, 15) is 22.4 Å². The van der Waals surface area contributed by atoms with E-state index >= 15 is 0 Å². The number of esters is 1. The first-order chi connectivity index (χ1) is 14.6. The third-order valence-corrected chi connectivity index (χ3v) is 7.33. The van der Waals surface area contributed by atoms with Crippen LogP contribution < -0.4 is 5.32 Å². The molecule has 1 fully saturated rings. The molecule has 1 N–H and O–H groups in total. The number of carbonyl (C=O) groups is 2. The lowest BCUT2D eigenvalue weighted by atomic mass is 10.1. The molecule has 0 saturated carbocycles. The Morgan fingerprint density at radius 2 is 1.74 bits per heavy atom. The van der Waals surface area contributed by atoms with Gasteiger partial charge in [-0.1, -0.05) is 17.7 Å². The molecule has 0 aromatic heterocycles. The van der Waals surface area contributed by atoms with E-state index in [2.05, 4.69) is 5.32 Å². The van der Waals surface area contributed by atoms with Gasteiger partial charge >= 0.3 is 5.97 Å². The molecule has 1 aliphatic heterocycles. The van der Waals surface area contributed by atoms with Crippen molar-refractivity contribution in [2.75, 3.05) is 18.5 Å². The van der Waals surface area contributed by atoms with E-state index in [4.69, 9.17) is 4.74 Å². The van der Waals surface area contributed by atoms with Crippen LogP contribution in [0.2, 0.25) is 0 Å². The summed E-state index contributed by atoms with van der Waals surface area (Å²) >= 11 is 0. The van der Waals surface area contributed by atoms with Crippen LogP contribution in [0.1, 0.15) is 29.5 Å².